The molecule has 0 saturated carbocycles. The van der Waals surface area contributed by atoms with Gasteiger partial charge in [0, 0.05) is 16.3 Å². The molecule has 0 aliphatic heterocycles. The summed E-state index contributed by atoms with van der Waals surface area (Å²) in [6.45, 7) is 1.57. The minimum Gasteiger partial charge on any atom is -0.493 e. The highest BCUT2D eigenvalue weighted by atomic mass is 35.5. The fourth-order valence-corrected chi connectivity index (χ4v) is 3.91. The van der Waals surface area contributed by atoms with Gasteiger partial charge in [-0.05, 0) is 54.5 Å². The van der Waals surface area contributed by atoms with E-state index in [0.717, 1.165) is 22.3 Å². The van der Waals surface area contributed by atoms with Gasteiger partial charge in [-0.15, -0.1) is 0 Å². The molecule has 3 aromatic carbocycles. The molecule has 4 aromatic rings. The number of para-hydroxylation sites is 1. The van der Waals surface area contributed by atoms with E-state index in [4.69, 9.17) is 17.0 Å². The van der Waals surface area contributed by atoms with Crippen LogP contribution in [0.1, 0.15) is 27.9 Å². The largest absolute Gasteiger partial charge is 0.493 e. The van der Waals surface area contributed by atoms with Gasteiger partial charge in [0.05, 0.1) is 23.4 Å². The van der Waals surface area contributed by atoms with Gasteiger partial charge in [-0.25, -0.2) is 4.79 Å². The normalized spacial score (nSPS) is 11.9. The Kier molecular flexibility index (Phi) is 7.78. The number of benzene rings is 3. The first-order valence-corrected chi connectivity index (χ1v) is 11.9. The van der Waals surface area contributed by atoms with Crippen molar-refractivity contribution < 1.29 is 23.1 Å². The number of halogens is 4. The van der Waals surface area contributed by atoms with Crippen molar-refractivity contribution in [1.82, 2.24) is 9.55 Å². The Bertz CT molecular complexity index is 1620. The van der Waals surface area contributed by atoms with Crippen LogP contribution in [0.4, 0.5) is 18.9 Å². The average Bonchev–Trinajstić information content (AvgIpc) is 3.15. The first-order chi connectivity index (χ1) is 18.4. The predicted molar refractivity (Wildman–Crippen MR) is 143 cm³/mol. The monoisotopic (exact) mass is 554 g/mol. The standard InChI is InChI=1S/C28H22ClF3N4O3/c1-16-4-2-3-5-22(16)34-25(37)21(24(33)18-8-12-20(29)13-9-18)14-23-26(38)36(27(39)35-23)15-17-6-10-19(11-7-17)28(30,31)32/h2-14,33,38H,15H2,1H3,(H,34,37)(H,35,39)/b21-14-,33-24?. The molecule has 0 saturated heterocycles. The maximum Gasteiger partial charge on any atom is 0.416 e. The molecule has 4 rings (SSSR count). The SMILES string of the molecule is Cc1ccccc1NC(=O)/C(=C\c1[nH]c(=O)n(Cc2ccc(C(F)(F)F)cc2)c1O)C(=N)c1ccc(Cl)cc1. The summed E-state index contributed by atoms with van der Waals surface area (Å²) in [5.74, 6) is -1.22. The number of anilines is 1. The van der Waals surface area contributed by atoms with Crippen LogP contribution in [-0.2, 0) is 17.5 Å². The minimum atomic E-state index is -4.51. The lowest BCUT2D eigenvalue weighted by atomic mass is 10.0. The zero-order valence-corrected chi connectivity index (χ0v) is 21.2. The summed E-state index contributed by atoms with van der Waals surface area (Å²) >= 11 is 5.96. The third-order valence-corrected chi connectivity index (χ3v) is 6.19. The van der Waals surface area contributed by atoms with Crippen LogP contribution < -0.4 is 11.0 Å². The molecule has 1 aromatic heterocycles. The van der Waals surface area contributed by atoms with Gasteiger partial charge in [0.1, 0.15) is 5.69 Å². The third kappa shape index (κ3) is 6.29. The van der Waals surface area contributed by atoms with E-state index >= 15 is 0 Å². The number of imidazole rings is 1. The number of alkyl halides is 3. The molecule has 11 heteroatoms. The summed E-state index contributed by atoms with van der Waals surface area (Å²) in [5.41, 5.74) is -0.135. The topological polar surface area (TPSA) is 111 Å². The third-order valence-electron chi connectivity index (χ3n) is 5.93. The molecule has 7 nitrogen and oxygen atoms in total. The number of aromatic hydroxyl groups is 1. The van der Waals surface area contributed by atoms with Gasteiger partial charge in [-0.1, -0.05) is 54.1 Å². The first-order valence-electron chi connectivity index (χ1n) is 11.6. The van der Waals surface area contributed by atoms with Crippen molar-refractivity contribution in [2.24, 2.45) is 0 Å². The van der Waals surface area contributed by atoms with E-state index in [0.29, 0.717) is 21.8 Å². The smallest absolute Gasteiger partial charge is 0.416 e. The average molecular weight is 555 g/mol. The van der Waals surface area contributed by atoms with E-state index in [9.17, 15) is 27.9 Å². The molecule has 1 heterocycles. The molecule has 0 aliphatic carbocycles. The van der Waals surface area contributed by atoms with Crippen LogP contribution in [0.5, 0.6) is 5.88 Å². The number of nitrogens with zero attached hydrogens (tertiary/aromatic N) is 1. The summed E-state index contributed by atoms with van der Waals surface area (Å²) in [6, 6.07) is 17.4. The molecule has 1 amide bonds. The van der Waals surface area contributed by atoms with Gasteiger partial charge in [0.2, 0.25) is 5.88 Å². The van der Waals surface area contributed by atoms with Crippen molar-refractivity contribution >= 4 is 35.0 Å². The van der Waals surface area contributed by atoms with Crippen LogP contribution in [0.15, 0.2) is 83.2 Å². The summed E-state index contributed by atoms with van der Waals surface area (Å²) in [6.07, 6.45) is -3.34. The van der Waals surface area contributed by atoms with Crippen molar-refractivity contribution in [1.29, 1.82) is 5.41 Å². The minimum absolute atomic E-state index is 0.152. The molecule has 39 heavy (non-hydrogen) atoms. The van der Waals surface area contributed by atoms with Gasteiger partial charge in [0.15, 0.2) is 0 Å². The summed E-state index contributed by atoms with van der Waals surface area (Å²) in [7, 11) is 0. The lowest BCUT2D eigenvalue weighted by molar-refractivity contribution is -0.137. The number of nitrogens with one attached hydrogen (secondary N) is 3. The number of aryl methyl sites for hydroxylation is 1. The Hall–Kier alpha value is -4.57. The molecule has 0 aliphatic rings. The van der Waals surface area contributed by atoms with Crippen LogP contribution in [0.25, 0.3) is 6.08 Å². The molecular weight excluding hydrogens is 533 g/mol. The van der Waals surface area contributed by atoms with Gasteiger partial charge in [-0.3, -0.25) is 14.8 Å². The number of hydrogen-bond acceptors (Lipinski definition) is 4. The Morgan fingerprint density at radius 2 is 1.72 bits per heavy atom. The number of rotatable bonds is 7. The molecule has 0 bridgehead atoms. The summed E-state index contributed by atoms with van der Waals surface area (Å²) in [4.78, 5) is 28.4. The van der Waals surface area contributed by atoms with Crippen LogP contribution >= 0.6 is 11.6 Å². The van der Waals surface area contributed by atoms with Gasteiger partial charge >= 0.3 is 11.9 Å². The molecule has 0 unspecified atom stereocenters. The number of hydrogen-bond donors (Lipinski definition) is 4. The Balaban J connectivity index is 1.71. The summed E-state index contributed by atoms with van der Waals surface area (Å²) < 4.78 is 39.5. The predicted octanol–water partition coefficient (Wildman–Crippen LogP) is 6.00. The number of aromatic nitrogens is 2. The Labute approximate surface area is 225 Å². The second-order valence-corrected chi connectivity index (χ2v) is 9.09. The Morgan fingerprint density at radius 3 is 2.33 bits per heavy atom. The number of aromatic amines is 1. The first kappa shape index (κ1) is 27.5. The van der Waals surface area contributed by atoms with E-state index in [1.807, 2.05) is 0 Å². The second kappa shape index (κ2) is 11.0. The molecule has 0 atom stereocenters. The van der Waals surface area contributed by atoms with Crippen LogP contribution in [0.3, 0.4) is 0 Å². The van der Waals surface area contributed by atoms with E-state index in [1.165, 1.54) is 18.2 Å². The van der Waals surface area contributed by atoms with Crippen LogP contribution in [0, 0.1) is 12.3 Å². The van der Waals surface area contributed by atoms with E-state index in [1.54, 1.807) is 55.5 Å². The van der Waals surface area contributed by atoms with Crippen LogP contribution in [0.2, 0.25) is 5.02 Å². The van der Waals surface area contributed by atoms with Crippen molar-refractivity contribution in [3.63, 3.8) is 0 Å². The number of carbonyl (C=O) groups is 1. The molecule has 0 fully saturated rings. The Morgan fingerprint density at radius 1 is 1.08 bits per heavy atom. The molecule has 4 N–H and O–H groups in total. The van der Waals surface area contributed by atoms with Crippen molar-refractivity contribution in [2.45, 2.75) is 19.6 Å². The highest BCUT2D eigenvalue weighted by molar-refractivity contribution is 6.33. The van der Waals surface area contributed by atoms with E-state index in [-0.39, 0.29) is 23.5 Å². The lowest BCUT2D eigenvalue weighted by Gasteiger charge is -2.12. The van der Waals surface area contributed by atoms with Gasteiger partial charge in [-0.2, -0.15) is 13.2 Å². The molecule has 0 spiro atoms. The zero-order valence-electron chi connectivity index (χ0n) is 20.4. The molecule has 0 radical (unpaired) electrons. The summed E-state index contributed by atoms with van der Waals surface area (Å²) in [5, 5.41) is 22.7. The van der Waals surface area contributed by atoms with Crippen LogP contribution in [-0.4, -0.2) is 26.3 Å². The van der Waals surface area contributed by atoms with Gasteiger partial charge in [0.25, 0.3) is 5.91 Å². The van der Waals surface area contributed by atoms with E-state index in [2.05, 4.69) is 10.3 Å². The zero-order chi connectivity index (χ0) is 28.3. The van der Waals surface area contributed by atoms with E-state index < -0.39 is 29.2 Å². The number of H-pyrrole nitrogens is 1. The highest BCUT2D eigenvalue weighted by Crippen LogP contribution is 2.29. The number of amides is 1. The van der Waals surface area contributed by atoms with Crippen molar-refractivity contribution in [3.8, 4) is 5.88 Å². The quantitative estimate of drug-likeness (QED) is 0.166. The second-order valence-electron chi connectivity index (χ2n) is 8.66. The maximum absolute atomic E-state index is 13.3. The maximum atomic E-state index is 13.3. The molecule has 200 valence electrons. The highest BCUT2D eigenvalue weighted by Gasteiger charge is 2.30. The number of carbonyl (C=O) groups excluding carboxylic acids is 1. The van der Waals surface area contributed by atoms with Gasteiger partial charge < -0.3 is 15.4 Å². The van der Waals surface area contributed by atoms with Crippen molar-refractivity contribution in [2.75, 3.05) is 5.32 Å². The lowest BCUT2D eigenvalue weighted by Crippen LogP contribution is -2.21. The van der Waals surface area contributed by atoms with Crippen molar-refractivity contribution in [3.05, 3.63) is 122 Å². The molecular formula is C28H22ClF3N4O3. The fraction of sp³-hybridized carbons (Fsp3) is 0.107. The fourth-order valence-electron chi connectivity index (χ4n) is 3.78.